The molecule has 3 unspecified atom stereocenters. The first-order valence-electron chi connectivity index (χ1n) is 6.62. The maximum Gasteiger partial charge on any atom is 0.0617 e. The van der Waals surface area contributed by atoms with E-state index in [2.05, 4.69) is 37.2 Å². The Bertz CT molecular complexity index is 427. The van der Waals surface area contributed by atoms with E-state index in [0.29, 0.717) is 5.92 Å². The molecule has 0 radical (unpaired) electrons. The van der Waals surface area contributed by atoms with Crippen LogP contribution in [0, 0.1) is 5.92 Å². The Hall–Kier alpha value is -0.690. The van der Waals surface area contributed by atoms with Crippen LogP contribution in [-0.2, 0) is 0 Å². The molecule has 3 atom stereocenters. The second-order valence-corrected chi connectivity index (χ2v) is 6.17. The summed E-state index contributed by atoms with van der Waals surface area (Å²) >= 11 is 6.67. The highest BCUT2D eigenvalue weighted by Crippen LogP contribution is 2.53. The van der Waals surface area contributed by atoms with E-state index in [1.165, 1.54) is 42.5 Å². The third kappa shape index (κ3) is 1.76. The SMILES string of the molecule is CN(C)c1cccc2c1C1CCCC(C1)C2Cl. The normalized spacial score (nSPS) is 30.9. The van der Waals surface area contributed by atoms with Gasteiger partial charge in [0.1, 0.15) is 0 Å². The minimum Gasteiger partial charge on any atom is -0.377 e. The lowest BCUT2D eigenvalue weighted by molar-refractivity contribution is 0.292. The fourth-order valence-corrected chi connectivity index (χ4v) is 4.07. The number of benzene rings is 1. The zero-order chi connectivity index (χ0) is 12.0. The van der Waals surface area contributed by atoms with Crippen molar-refractivity contribution >= 4 is 17.3 Å². The Kier molecular flexibility index (Phi) is 2.82. The van der Waals surface area contributed by atoms with Crippen LogP contribution in [-0.4, -0.2) is 14.1 Å². The van der Waals surface area contributed by atoms with Gasteiger partial charge in [-0.05, 0) is 48.3 Å². The van der Waals surface area contributed by atoms with E-state index in [4.69, 9.17) is 11.6 Å². The fourth-order valence-electron chi connectivity index (χ4n) is 3.66. The van der Waals surface area contributed by atoms with E-state index >= 15 is 0 Å². The Morgan fingerprint density at radius 1 is 1.24 bits per heavy atom. The molecule has 0 N–H and O–H groups in total. The molecule has 1 saturated carbocycles. The first-order valence-corrected chi connectivity index (χ1v) is 7.06. The first-order chi connectivity index (χ1) is 8.18. The van der Waals surface area contributed by atoms with Crippen molar-refractivity contribution in [3.63, 3.8) is 0 Å². The smallest absolute Gasteiger partial charge is 0.0617 e. The van der Waals surface area contributed by atoms with Gasteiger partial charge >= 0.3 is 0 Å². The molecular formula is C15H20ClN. The van der Waals surface area contributed by atoms with Gasteiger partial charge in [0.25, 0.3) is 0 Å². The molecule has 1 fully saturated rings. The van der Waals surface area contributed by atoms with Gasteiger partial charge in [-0.1, -0.05) is 18.6 Å². The molecule has 0 heterocycles. The van der Waals surface area contributed by atoms with Crippen molar-refractivity contribution in [1.82, 2.24) is 0 Å². The molecule has 0 spiro atoms. The van der Waals surface area contributed by atoms with Gasteiger partial charge in [-0.25, -0.2) is 0 Å². The highest BCUT2D eigenvalue weighted by molar-refractivity contribution is 6.21. The number of hydrogen-bond acceptors (Lipinski definition) is 1. The minimum atomic E-state index is 0.237. The van der Waals surface area contributed by atoms with E-state index < -0.39 is 0 Å². The summed E-state index contributed by atoms with van der Waals surface area (Å²) in [5.74, 6) is 1.46. The minimum absolute atomic E-state index is 0.237. The van der Waals surface area contributed by atoms with Crippen molar-refractivity contribution in [2.45, 2.75) is 37.0 Å². The number of rotatable bonds is 1. The topological polar surface area (TPSA) is 3.24 Å². The molecule has 2 bridgehead atoms. The summed E-state index contributed by atoms with van der Waals surface area (Å²) in [7, 11) is 4.27. The van der Waals surface area contributed by atoms with Crippen molar-refractivity contribution in [3.05, 3.63) is 29.3 Å². The third-order valence-electron chi connectivity index (χ3n) is 4.43. The largest absolute Gasteiger partial charge is 0.377 e. The van der Waals surface area contributed by atoms with E-state index in [1.54, 1.807) is 0 Å². The van der Waals surface area contributed by atoms with Gasteiger partial charge in [-0.3, -0.25) is 0 Å². The molecule has 1 aromatic carbocycles. The molecule has 0 aromatic heterocycles. The molecule has 1 aromatic rings. The van der Waals surface area contributed by atoms with E-state index in [1.807, 2.05) is 0 Å². The van der Waals surface area contributed by atoms with Crippen LogP contribution in [0.3, 0.4) is 0 Å². The van der Waals surface area contributed by atoms with Crippen molar-refractivity contribution in [2.75, 3.05) is 19.0 Å². The quantitative estimate of drug-likeness (QED) is 0.670. The Balaban J connectivity index is 2.15. The molecule has 1 nitrogen and oxygen atoms in total. The molecule has 0 amide bonds. The average Bonchev–Trinajstić information content (AvgIpc) is 2.36. The van der Waals surface area contributed by atoms with Gasteiger partial charge in [-0.2, -0.15) is 0 Å². The number of hydrogen-bond donors (Lipinski definition) is 0. The number of anilines is 1. The summed E-state index contributed by atoms with van der Waals surface area (Å²) < 4.78 is 0. The predicted octanol–water partition coefficient (Wildman–Crippen LogP) is 4.32. The zero-order valence-corrected chi connectivity index (χ0v) is 11.4. The monoisotopic (exact) mass is 249 g/mol. The second-order valence-electron chi connectivity index (χ2n) is 5.70. The maximum atomic E-state index is 6.67. The lowest BCUT2D eigenvalue weighted by atomic mass is 9.68. The molecular weight excluding hydrogens is 230 g/mol. The van der Waals surface area contributed by atoms with Crippen molar-refractivity contribution < 1.29 is 0 Å². The number of fused-ring (bicyclic) bond motifs is 4. The number of nitrogens with zero attached hydrogens (tertiary/aromatic N) is 1. The first kappa shape index (κ1) is 11.4. The van der Waals surface area contributed by atoms with Crippen LogP contribution in [0.15, 0.2) is 18.2 Å². The van der Waals surface area contributed by atoms with Gasteiger partial charge in [0.05, 0.1) is 5.38 Å². The lowest BCUT2D eigenvalue weighted by Crippen LogP contribution is -2.27. The summed E-state index contributed by atoms with van der Waals surface area (Å²) in [4.78, 5) is 2.23. The Morgan fingerprint density at radius 3 is 2.82 bits per heavy atom. The van der Waals surface area contributed by atoms with Gasteiger partial charge in [0.15, 0.2) is 0 Å². The summed E-state index contributed by atoms with van der Waals surface area (Å²) in [6, 6.07) is 6.63. The molecule has 3 rings (SSSR count). The van der Waals surface area contributed by atoms with Crippen molar-refractivity contribution in [3.8, 4) is 0 Å². The van der Waals surface area contributed by atoms with Crippen LogP contribution >= 0.6 is 11.6 Å². The molecule has 2 aliphatic rings. The molecule has 0 aliphatic heterocycles. The summed E-state index contributed by atoms with van der Waals surface area (Å²) in [6.07, 6.45) is 5.31. The average molecular weight is 250 g/mol. The van der Waals surface area contributed by atoms with E-state index in [9.17, 15) is 0 Å². The third-order valence-corrected chi connectivity index (χ3v) is 5.02. The van der Waals surface area contributed by atoms with Crippen molar-refractivity contribution in [1.29, 1.82) is 0 Å². The molecule has 0 saturated heterocycles. The number of alkyl halides is 1. The van der Waals surface area contributed by atoms with Crippen LogP contribution in [0.4, 0.5) is 5.69 Å². The Morgan fingerprint density at radius 2 is 2.06 bits per heavy atom. The second kappa shape index (κ2) is 4.20. The molecule has 92 valence electrons. The van der Waals surface area contributed by atoms with Crippen LogP contribution in [0.25, 0.3) is 0 Å². The highest BCUT2D eigenvalue weighted by Gasteiger charge is 2.37. The van der Waals surface area contributed by atoms with Gasteiger partial charge in [0, 0.05) is 19.8 Å². The van der Waals surface area contributed by atoms with Crippen LogP contribution in [0.2, 0.25) is 0 Å². The zero-order valence-electron chi connectivity index (χ0n) is 10.6. The lowest BCUT2D eigenvalue weighted by Gasteiger charge is -2.41. The summed E-state index contributed by atoms with van der Waals surface area (Å²) in [6.45, 7) is 0. The fraction of sp³-hybridized carbons (Fsp3) is 0.600. The molecule has 2 heteroatoms. The highest BCUT2D eigenvalue weighted by atomic mass is 35.5. The predicted molar refractivity (Wildman–Crippen MR) is 74.1 cm³/mol. The van der Waals surface area contributed by atoms with Crippen LogP contribution in [0.5, 0.6) is 0 Å². The standard InChI is InChI=1S/C15H20ClN/c1-17(2)13-8-4-7-12-14(13)10-5-3-6-11(9-10)15(12)16/h4,7-8,10-11,15H,3,5-6,9H2,1-2H3. The van der Waals surface area contributed by atoms with E-state index in [-0.39, 0.29) is 5.38 Å². The number of halogens is 1. The van der Waals surface area contributed by atoms with Crippen LogP contribution < -0.4 is 4.90 Å². The summed E-state index contributed by atoms with van der Waals surface area (Å²) in [5, 5.41) is 0.237. The summed E-state index contributed by atoms with van der Waals surface area (Å²) in [5.41, 5.74) is 4.31. The van der Waals surface area contributed by atoms with E-state index in [0.717, 1.165) is 5.92 Å². The van der Waals surface area contributed by atoms with Gasteiger partial charge in [-0.15, -0.1) is 11.6 Å². The van der Waals surface area contributed by atoms with Gasteiger partial charge < -0.3 is 4.90 Å². The van der Waals surface area contributed by atoms with Crippen LogP contribution in [0.1, 0.15) is 48.1 Å². The molecule has 2 aliphatic carbocycles. The molecule has 17 heavy (non-hydrogen) atoms. The van der Waals surface area contributed by atoms with Gasteiger partial charge in [0.2, 0.25) is 0 Å². The Labute approximate surface area is 109 Å². The maximum absolute atomic E-state index is 6.67. The van der Waals surface area contributed by atoms with Crippen molar-refractivity contribution in [2.24, 2.45) is 5.92 Å².